The summed E-state index contributed by atoms with van der Waals surface area (Å²) in [6.45, 7) is 4.37. The molecule has 1 fully saturated rings. The Hall–Kier alpha value is -2.86. The summed E-state index contributed by atoms with van der Waals surface area (Å²) < 4.78 is 6.39. The van der Waals surface area contributed by atoms with Gasteiger partial charge in [-0.05, 0) is 78.3 Å². The normalized spacial score (nSPS) is 17.9. The number of rotatable bonds is 5. The lowest BCUT2D eigenvalue weighted by molar-refractivity contribution is 0.439. The number of aromatic nitrogens is 1. The second-order valence-corrected chi connectivity index (χ2v) is 9.77. The van der Waals surface area contributed by atoms with Gasteiger partial charge in [0.1, 0.15) is 17.6 Å². The fraction of sp³-hybridized carbons (Fsp3) is 0.185. The smallest absolute Gasteiger partial charge is 0.174 e. The first-order chi connectivity index (χ1) is 16.4. The minimum absolute atomic E-state index is 0.175. The first-order valence-corrected chi connectivity index (χ1v) is 12.2. The van der Waals surface area contributed by atoms with Gasteiger partial charge in [-0.15, -0.1) is 0 Å². The van der Waals surface area contributed by atoms with Crippen LogP contribution in [0, 0.1) is 0 Å². The van der Waals surface area contributed by atoms with Crippen LogP contribution in [0.2, 0.25) is 10.0 Å². The molecule has 0 spiro atoms. The number of benzene rings is 2. The van der Waals surface area contributed by atoms with Crippen molar-refractivity contribution in [3.63, 3.8) is 0 Å². The van der Waals surface area contributed by atoms with Crippen molar-refractivity contribution in [1.82, 2.24) is 10.3 Å². The Balaban J connectivity index is 1.57. The van der Waals surface area contributed by atoms with Gasteiger partial charge in [0.05, 0.1) is 21.8 Å². The molecule has 2 aromatic heterocycles. The molecule has 3 heterocycles. The largest absolute Gasteiger partial charge is 0.459 e. The molecular formula is C27H23Cl2N3OS. The van der Waals surface area contributed by atoms with Crippen molar-refractivity contribution in [1.29, 1.82) is 0 Å². The average molecular weight is 508 g/mol. The van der Waals surface area contributed by atoms with Gasteiger partial charge in [-0.25, -0.2) is 0 Å². The Morgan fingerprint density at radius 2 is 1.76 bits per heavy atom. The Morgan fingerprint density at radius 1 is 0.971 bits per heavy atom. The highest BCUT2D eigenvalue weighted by atomic mass is 35.5. The first-order valence-electron chi connectivity index (χ1n) is 11.1. The van der Waals surface area contributed by atoms with E-state index in [9.17, 15) is 0 Å². The molecular weight excluding hydrogens is 485 g/mol. The van der Waals surface area contributed by atoms with Crippen LogP contribution in [0.1, 0.15) is 48.9 Å². The molecule has 4 nitrogen and oxygen atoms in total. The molecule has 1 aliphatic heterocycles. The van der Waals surface area contributed by atoms with Gasteiger partial charge in [0.25, 0.3) is 0 Å². The SMILES string of the molecule is CC(C)c1ccc(N2C(=S)N[C@@H](c3ccccn3)[C@@H]2c2ccc(-c3ccc(Cl)c(Cl)c3)o2)cc1. The third kappa shape index (κ3) is 4.31. The molecule has 0 aliphatic carbocycles. The van der Waals surface area contributed by atoms with Crippen LogP contribution in [0.15, 0.2) is 83.4 Å². The Bertz CT molecular complexity index is 1320. The molecule has 2 atom stereocenters. The quantitative estimate of drug-likeness (QED) is 0.277. The number of nitrogens with one attached hydrogen (secondary N) is 1. The first kappa shape index (κ1) is 22.9. The number of thiocarbonyl (C=S) groups is 1. The number of anilines is 1. The van der Waals surface area contributed by atoms with Gasteiger partial charge in [0.15, 0.2) is 5.11 Å². The lowest BCUT2D eigenvalue weighted by Crippen LogP contribution is -2.29. The molecule has 0 amide bonds. The van der Waals surface area contributed by atoms with Gasteiger partial charge in [0.2, 0.25) is 0 Å². The molecule has 0 bridgehead atoms. The Morgan fingerprint density at radius 3 is 2.44 bits per heavy atom. The van der Waals surface area contributed by atoms with E-state index in [1.54, 1.807) is 12.3 Å². The van der Waals surface area contributed by atoms with Gasteiger partial charge in [-0.2, -0.15) is 0 Å². The molecule has 172 valence electrons. The van der Waals surface area contributed by atoms with Crippen LogP contribution in [-0.2, 0) is 0 Å². The van der Waals surface area contributed by atoms with Gasteiger partial charge >= 0.3 is 0 Å². The van der Waals surface area contributed by atoms with Crippen molar-refractivity contribution < 1.29 is 4.42 Å². The fourth-order valence-corrected chi connectivity index (χ4v) is 4.90. The highest BCUT2D eigenvalue weighted by Gasteiger charge is 2.42. The maximum atomic E-state index is 6.39. The maximum Gasteiger partial charge on any atom is 0.174 e. The third-order valence-electron chi connectivity index (χ3n) is 6.06. The summed E-state index contributed by atoms with van der Waals surface area (Å²) in [5, 5.41) is 5.09. The van der Waals surface area contributed by atoms with E-state index in [2.05, 4.69) is 53.3 Å². The predicted molar refractivity (Wildman–Crippen MR) is 143 cm³/mol. The Labute approximate surface area is 214 Å². The zero-order valence-electron chi connectivity index (χ0n) is 18.7. The van der Waals surface area contributed by atoms with E-state index in [0.717, 1.165) is 22.7 Å². The van der Waals surface area contributed by atoms with E-state index in [0.29, 0.717) is 26.8 Å². The van der Waals surface area contributed by atoms with E-state index < -0.39 is 0 Å². The van der Waals surface area contributed by atoms with Gasteiger partial charge < -0.3 is 14.6 Å². The molecule has 4 aromatic rings. The van der Waals surface area contributed by atoms with Crippen molar-refractivity contribution in [2.24, 2.45) is 0 Å². The molecule has 7 heteroatoms. The molecule has 1 saturated heterocycles. The second kappa shape index (κ2) is 9.41. The van der Waals surface area contributed by atoms with Crippen LogP contribution in [0.25, 0.3) is 11.3 Å². The molecule has 5 rings (SSSR count). The summed E-state index contributed by atoms with van der Waals surface area (Å²) in [5.74, 6) is 1.94. The highest BCUT2D eigenvalue weighted by Crippen LogP contribution is 2.43. The maximum absolute atomic E-state index is 6.39. The monoisotopic (exact) mass is 507 g/mol. The number of pyridine rings is 1. The van der Waals surface area contributed by atoms with Crippen molar-refractivity contribution in [2.45, 2.75) is 31.8 Å². The van der Waals surface area contributed by atoms with Crippen molar-refractivity contribution in [3.8, 4) is 11.3 Å². The summed E-state index contributed by atoms with van der Waals surface area (Å²) in [4.78, 5) is 6.71. The number of furan rings is 1. The number of hydrogen-bond acceptors (Lipinski definition) is 3. The lowest BCUT2D eigenvalue weighted by Gasteiger charge is -2.26. The molecule has 0 unspecified atom stereocenters. The van der Waals surface area contributed by atoms with Crippen LogP contribution >= 0.6 is 35.4 Å². The highest BCUT2D eigenvalue weighted by molar-refractivity contribution is 7.80. The lowest BCUT2D eigenvalue weighted by atomic mass is 10.0. The van der Waals surface area contributed by atoms with Crippen LogP contribution in [-0.4, -0.2) is 10.1 Å². The van der Waals surface area contributed by atoms with Crippen molar-refractivity contribution in [2.75, 3.05) is 4.90 Å². The molecule has 34 heavy (non-hydrogen) atoms. The minimum atomic E-state index is -0.219. The fourth-order valence-electron chi connectivity index (χ4n) is 4.26. The zero-order valence-corrected chi connectivity index (χ0v) is 21.0. The second-order valence-electron chi connectivity index (χ2n) is 8.57. The van der Waals surface area contributed by atoms with Crippen LogP contribution < -0.4 is 10.2 Å². The van der Waals surface area contributed by atoms with Crippen LogP contribution in [0.5, 0.6) is 0 Å². The third-order valence-corrected chi connectivity index (χ3v) is 7.11. The van der Waals surface area contributed by atoms with E-state index in [1.807, 2.05) is 42.5 Å². The molecule has 1 N–H and O–H groups in total. The summed E-state index contributed by atoms with van der Waals surface area (Å²) in [7, 11) is 0. The van der Waals surface area contributed by atoms with Gasteiger partial charge in [-0.3, -0.25) is 4.98 Å². The number of nitrogens with zero attached hydrogens (tertiary/aromatic N) is 2. The van der Waals surface area contributed by atoms with E-state index in [1.165, 1.54) is 5.56 Å². The molecule has 0 saturated carbocycles. The van der Waals surface area contributed by atoms with Gasteiger partial charge in [-0.1, -0.05) is 55.2 Å². The predicted octanol–water partition coefficient (Wildman–Crippen LogP) is 7.95. The van der Waals surface area contributed by atoms with Crippen LogP contribution in [0.4, 0.5) is 5.69 Å². The van der Waals surface area contributed by atoms with E-state index >= 15 is 0 Å². The Kier molecular flexibility index (Phi) is 6.34. The summed E-state index contributed by atoms with van der Waals surface area (Å²) in [6.07, 6.45) is 1.79. The van der Waals surface area contributed by atoms with Gasteiger partial charge in [0, 0.05) is 17.4 Å². The average Bonchev–Trinajstić information content (AvgIpc) is 3.46. The summed E-state index contributed by atoms with van der Waals surface area (Å²) in [6, 6.07) is 23.4. The number of hydrogen-bond donors (Lipinski definition) is 1. The zero-order chi connectivity index (χ0) is 23.8. The standard InChI is InChI=1S/C27H23Cl2N3OS/c1-16(2)17-6-9-19(10-7-17)32-26(25(31-27(32)34)22-5-3-4-14-30-22)24-13-12-23(33-24)18-8-11-20(28)21(29)15-18/h3-16,25-26H,1-2H3,(H,31,34)/t25-,26-/m0/s1. The number of halogens is 2. The molecule has 1 aliphatic rings. The van der Waals surface area contributed by atoms with Crippen LogP contribution in [0.3, 0.4) is 0 Å². The van der Waals surface area contributed by atoms with Crippen molar-refractivity contribution in [3.05, 3.63) is 106 Å². The minimum Gasteiger partial charge on any atom is -0.459 e. The molecule has 2 aromatic carbocycles. The summed E-state index contributed by atoms with van der Waals surface area (Å²) in [5.41, 5.74) is 4.03. The van der Waals surface area contributed by atoms with E-state index in [4.69, 9.17) is 39.8 Å². The molecule has 0 radical (unpaired) electrons. The summed E-state index contributed by atoms with van der Waals surface area (Å²) >= 11 is 18.1. The van der Waals surface area contributed by atoms with E-state index in [-0.39, 0.29) is 12.1 Å². The topological polar surface area (TPSA) is 41.3 Å². The van der Waals surface area contributed by atoms with Crippen molar-refractivity contribution >= 4 is 46.2 Å².